The van der Waals surface area contributed by atoms with E-state index in [2.05, 4.69) is 20.8 Å². The van der Waals surface area contributed by atoms with E-state index in [1.807, 2.05) is 0 Å². The maximum Gasteiger partial charge on any atom is 0.239 e. The molecule has 104 valence electrons. The molecular formula is C10H16N6O2S. The Labute approximate surface area is 114 Å². The standard InChI is InChI=1S/C10H16N6O2S/c1-15(5-8(17)11-7-3-4-7)9(18)6-19-10-12-13-14-16(10)2/h7H,3-6H2,1-2H3,(H,11,17). The Morgan fingerprint density at radius 3 is 2.84 bits per heavy atom. The first kappa shape index (κ1) is 13.8. The lowest BCUT2D eigenvalue weighted by Crippen LogP contribution is -2.39. The van der Waals surface area contributed by atoms with Gasteiger partial charge in [-0.25, -0.2) is 4.68 Å². The maximum absolute atomic E-state index is 11.8. The second-order valence-corrected chi connectivity index (χ2v) is 5.41. The molecule has 0 aromatic carbocycles. The minimum atomic E-state index is -0.126. The van der Waals surface area contributed by atoms with E-state index in [1.54, 1.807) is 14.1 Å². The van der Waals surface area contributed by atoms with E-state index in [-0.39, 0.29) is 24.1 Å². The average molecular weight is 284 g/mol. The summed E-state index contributed by atoms with van der Waals surface area (Å²) in [4.78, 5) is 24.8. The summed E-state index contributed by atoms with van der Waals surface area (Å²) in [5, 5.41) is 14.3. The van der Waals surface area contributed by atoms with Crippen LogP contribution in [0.15, 0.2) is 5.16 Å². The number of amides is 2. The van der Waals surface area contributed by atoms with Crippen molar-refractivity contribution in [3.63, 3.8) is 0 Å². The first-order valence-electron chi connectivity index (χ1n) is 5.94. The number of thioether (sulfide) groups is 1. The van der Waals surface area contributed by atoms with Gasteiger partial charge in [0.15, 0.2) is 0 Å². The molecule has 0 saturated heterocycles. The predicted octanol–water partition coefficient (Wildman–Crippen LogP) is -0.961. The number of likely N-dealkylation sites (N-methyl/N-ethyl adjacent to an activating group) is 1. The van der Waals surface area contributed by atoms with E-state index >= 15 is 0 Å². The topological polar surface area (TPSA) is 93.0 Å². The van der Waals surface area contributed by atoms with E-state index in [1.165, 1.54) is 21.3 Å². The summed E-state index contributed by atoms with van der Waals surface area (Å²) in [5.74, 6) is -0.0239. The van der Waals surface area contributed by atoms with Crippen LogP contribution in [0.5, 0.6) is 0 Å². The van der Waals surface area contributed by atoms with Crippen molar-refractivity contribution in [3.05, 3.63) is 0 Å². The summed E-state index contributed by atoms with van der Waals surface area (Å²) in [6.07, 6.45) is 2.08. The van der Waals surface area contributed by atoms with Crippen LogP contribution in [-0.2, 0) is 16.6 Å². The molecule has 1 fully saturated rings. The third-order valence-corrected chi connectivity index (χ3v) is 3.65. The highest BCUT2D eigenvalue weighted by Crippen LogP contribution is 2.18. The zero-order chi connectivity index (χ0) is 13.8. The molecule has 0 atom stereocenters. The minimum absolute atomic E-state index is 0.0902. The van der Waals surface area contributed by atoms with Crippen LogP contribution in [0.25, 0.3) is 0 Å². The Hall–Kier alpha value is -1.64. The Kier molecular flexibility index (Phi) is 4.35. The number of nitrogens with zero attached hydrogens (tertiary/aromatic N) is 5. The number of carbonyl (C=O) groups excluding carboxylic acids is 2. The quantitative estimate of drug-likeness (QED) is 0.676. The highest BCUT2D eigenvalue weighted by atomic mass is 32.2. The summed E-state index contributed by atoms with van der Waals surface area (Å²) in [6.45, 7) is 0.0902. The lowest BCUT2D eigenvalue weighted by Gasteiger charge is -2.16. The molecule has 8 nitrogen and oxygen atoms in total. The van der Waals surface area contributed by atoms with Crippen molar-refractivity contribution in [2.24, 2.45) is 7.05 Å². The monoisotopic (exact) mass is 284 g/mol. The number of tetrazole rings is 1. The van der Waals surface area contributed by atoms with Gasteiger partial charge in [0.2, 0.25) is 17.0 Å². The number of rotatable bonds is 6. The van der Waals surface area contributed by atoms with Crippen LogP contribution in [0.1, 0.15) is 12.8 Å². The predicted molar refractivity (Wildman–Crippen MR) is 68.3 cm³/mol. The first-order chi connectivity index (χ1) is 9.06. The van der Waals surface area contributed by atoms with Crippen LogP contribution >= 0.6 is 11.8 Å². The maximum atomic E-state index is 11.8. The van der Waals surface area contributed by atoms with E-state index in [4.69, 9.17) is 0 Å². The van der Waals surface area contributed by atoms with Crippen LogP contribution in [0, 0.1) is 0 Å². The van der Waals surface area contributed by atoms with Crippen LogP contribution in [0.2, 0.25) is 0 Å². The van der Waals surface area contributed by atoms with Crippen LogP contribution < -0.4 is 5.32 Å². The van der Waals surface area contributed by atoms with Gasteiger partial charge in [-0.2, -0.15) is 0 Å². The van der Waals surface area contributed by atoms with Crippen molar-refractivity contribution >= 4 is 23.6 Å². The van der Waals surface area contributed by atoms with Crippen LogP contribution in [0.3, 0.4) is 0 Å². The molecule has 1 aliphatic carbocycles. The van der Waals surface area contributed by atoms with E-state index in [0.29, 0.717) is 11.2 Å². The Morgan fingerprint density at radius 2 is 2.26 bits per heavy atom. The molecule has 0 spiro atoms. The minimum Gasteiger partial charge on any atom is -0.352 e. The Morgan fingerprint density at radius 1 is 1.53 bits per heavy atom. The van der Waals surface area contributed by atoms with Gasteiger partial charge in [-0.15, -0.1) is 5.10 Å². The van der Waals surface area contributed by atoms with Gasteiger partial charge < -0.3 is 10.2 Å². The number of nitrogens with one attached hydrogen (secondary N) is 1. The van der Waals surface area contributed by atoms with Gasteiger partial charge in [0.25, 0.3) is 0 Å². The SMILES string of the molecule is CN(CC(=O)NC1CC1)C(=O)CSc1nnnn1C. The molecule has 1 N–H and O–H groups in total. The lowest BCUT2D eigenvalue weighted by molar-refractivity contribution is -0.132. The molecule has 1 aliphatic rings. The number of hydrogen-bond donors (Lipinski definition) is 1. The Bertz CT molecular complexity index is 472. The van der Waals surface area contributed by atoms with Gasteiger partial charge in [-0.3, -0.25) is 9.59 Å². The van der Waals surface area contributed by atoms with Gasteiger partial charge in [0, 0.05) is 20.1 Å². The Balaban J connectivity index is 1.72. The van der Waals surface area contributed by atoms with E-state index in [0.717, 1.165) is 12.8 Å². The van der Waals surface area contributed by atoms with Crippen molar-refractivity contribution in [1.82, 2.24) is 30.4 Å². The average Bonchev–Trinajstić information content (AvgIpc) is 3.07. The largest absolute Gasteiger partial charge is 0.352 e. The summed E-state index contributed by atoms with van der Waals surface area (Å²) in [7, 11) is 3.32. The van der Waals surface area contributed by atoms with Gasteiger partial charge in [0.1, 0.15) is 0 Å². The van der Waals surface area contributed by atoms with Crippen molar-refractivity contribution in [1.29, 1.82) is 0 Å². The molecule has 0 aliphatic heterocycles. The zero-order valence-electron chi connectivity index (χ0n) is 10.9. The second kappa shape index (κ2) is 6.00. The normalized spacial score (nSPS) is 14.2. The number of hydrogen-bond acceptors (Lipinski definition) is 6. The fourth-order valence-corrected chi connectivity index (χ4v) is 2.18. The second-order valence-electron chi connectivity index (χ2n) is 4.47. The smallest absolute Gasteiger partial charge is 0.239 e. The van der Waals surface area contributed by atoms with E-state index in [9.17, 15) is 9.59 Å². The summed E-state index contributed by atoms with van der Waals surface area (Å²) in [5.41, 5.74) is 0. The number of aromatic nitrogens is 4. The molecule has 1 saturated carbocycles. The van der Waals surface area contributed by atoms with Gasteiger partial charge >= 0.3 is 0 Å². The number of aryl methyl sites for hydroxylation is 1. The van der Waals surface area contributed by atoms with Crippen molar-refractivity contribution in [2.75, 3.05) is 19.3 Å². The fourth-order valence-electron chi connectivity index (χ4n) is 1.38. The summed E-state index contributed by atoms with van der Waals surface area (Å²) >= 11 is 1.25. The molecule has 9 heteroatoms. The summed E-state index contributed by atoms with van der Waals surface area (Å²) < 4.78 is 1.50. The third kappa shape index (κ3) is 4.19. The fraction of sp³-hybridized carbons (Fsp3) is 0.700. The molecule has 0 radical (unpaired) electrons. The van der Waals surface area contributed by atoms with Gasteiger partial charge in [-0.05, 0) is 23.3 Å². The molecule has 19 heavy (non-hydrogen) atoms. The van der Waals surface area contributed by atoms with Gasteiger partial charge in [-0.1, -0.05) is 11.8 Å². The van der Waals surface area contributed by atoms with E-state index < -0.39 is 0 Å². The highest BCUT2D eigenvalue weighted by molar-refractivity contribution is 7.99. The number of carbonyl (C=O) groups is 2. The molecule has 1 aromatic heterocycles. The third-order valence-electron chi connectivity index (χ3n) is 2.66. The molecule has 2 rings (SSSR count). The lowest BCUT2D eigenvalue weighted by atomic mass is 10.5. The van der Waals surface area contributed by atoms with Crippen LogP contribution in [0.4, 0.5) is 0 Å². The zero-order valence-corrected chi connectivity index (χ0v) is 11.7. The van der Waals surface area contributed by atoms with Crippen LogP contribution in [-0.4, -0.2) is 62.3 Å². The first-order valence-corrected chi connectivity index (χ1v) is 6.93. The van der Waals surface area contributed by atoms with Crippen molar-refractivity contribution < 1.29 is 9.59 Å². The highest BCUT2D eigenvalue weighted by Gasteiger charge is 2.24. The molecule has 0 unspecified atom stereocenters. The molecule has 1 heterocycles. The molecule has 2 amide bonds. The molecule has 0 bridgehead atoms. The molecular weight excluding hydrogens is 268 g/mol. The van der Waals surface area contributed by atoms with Gasteiger partial charge in [0.05, 0.1) is 12.3 Å². The van der Waals surface area contributed by atoms with Crippen molar-refractivity contribution in [3.8, 4) is 0 Å². The van der Waals surface area contributed by atoms with Crippen molar-refractivity contribution in [2.45, 2.75) is 24.0 Å². The molecule has 1 aromatic rings. The summed E-state index contributed by atoms with van der Waals surface area (Å²) in [6, 6.07) is 0.315.